The highest BCUT2D eigenvalue weighted by molar-refractivity contribution is 5.90. The Kier molecular flexibility index (Phi) is 4.24. The fourth-order valence-electron chi connectivity index (χ4n) is 1.64. The lowest BCUT2D eigenvalue weighted by Gasteiger charge is -2.05. The van der Waals surface area contributed by atoms with Gasteiger partial charge in [-0.3, -0.25) is 9.48 Å². The second-order valence-electron chi connectivity index (χ2n) is 4.00. The summed E-state index contributed by atoms with van der Waals surface area (Å²) in [6.45, 7) is 0.658. The lowest BCUT2D eigenvalue weighted by atomic mass is 10.2. The van der Waals surface area contributed by atoms with Crippen molar-refractivity contribution < 1.29 is 4.79 Å². The Bertz CT molecular complexity index is 585. The molecule has 2 rings (SSSR count). The van der Waals surface area contributed by atoms with Gasteiger partial charge in [-0.2, -0.15) is 10.4 Å². The molecule has 0 saturated heterocycles. The van der Waals surface area contributed by atoms with E-state index in [4.69, 9.17) is 5.26 Å². The zero-order valence-corrected chi connectivity index (χ0v) is 10.3. The molecule has 0 spiro atoms. The molecule has 0 atom stereocenters. The normalized spacial score (nSPS) is 9.84. The molecule has 2 aromatic rings. The molecule has 0 aliphatic rings. The van der Waals surface area contributed by atoms with Crippen molar-refractivity contribution in [3.05, 3.63) is 42.5 Å². The number of nitrogens with zero attached hydrogens (tertiary/aromatic N) is 4. The largest absolute Gasteiger partial charge is 0.326 e. The summed E-state index contributed by atoms with van der Waals surface area (Å²) in [5.41, 5.74) is 1.17. The number of carbonyl (C=O) groups is 1. The number of nitrogens with one attached hydrogen (secondary N) is 1. The van der Waals surface area contributed by atoms with Gasteiger partial charge in [0.25, 0.3) is 0 Å². The van der Waals surface area contributed by atoms with Crippen LogP contribution in [0.1, 0.15) is 18.4 Å². The summed E-state index contributed by atoms with van der Waals surface area (Å²) in [4.78, 5) is 15.5. The standard InChI is InChI=1S/C13H13N5O/c14-8-11-3-1-4-12(7-11)17-13(19)5-2-6-18-10-15-9-16-18/h1,3-4,7,9-10H,2,5-6H2,(H,17,19). The zero-order chi connectivity index (χ0) is 13.5. The Labute approximate surface area is 110 Å². The van der Waals surface area contributed by atoms with Gasteiger partial charge in [-0.05, 0) is 24.6 Å². The van der Waals surface area contributed by atoms with Crippen molar-refractivity contribution in [2.45, 2.75) is 19.4 Å². The highest BCUT2D eigenvalue weighted by Crippen LogP contribution is 2.10. The van der Waals surface area contributed by atoms with Crippen LogP contribution in [0.25, 0.3) is 0 Å². The molecule has 96 valence electrons. The first kappa shape index (κ1) is 12.8. The highest BCUT2D eigenvalue weighted by atomic mass is 16.1. The average Bonchev–Trinajstić information content (AvgIpc) is 2.92. The van der Waals surface area contributed by atoms with E-state index in [9.17, 15) is 4.79 Å². The Morgan fingerprint density at radius 3 is 3.11 bits per heavy atom. The fourth-order valence-corrected chi connectivity index (χ4v) is 1.64. The van der Waals surface area contributed by atoms with Crippen LogP contribution < -0.4 is 5.32 Å². The van der Waals surface area contributed by atoms with Crippen LogP contribution in [0.5, 0.6) is 0 Å². The van der Waals surface area contributed by atoms with Crippen LogP contribution in [0.4, 0.5) is 5.69 Å². The summed E-state index contributed by atoms with van der Waals surface area (Å²) in [7, 11) is 0. The molecule has 1 N–H and O–H groups in total. The van der Waals surface area contributed by atoms with Gasteiger partial charge in [0, 0.05) is 18.7 Å². The van der Waals surface area contributed by atoms with Crippen LogP contribution >= 0.6 is 0 Å². The Hall–Kier alpha value is -2.68. The molecule has 19 heavy (non-hydrogen) atoms. The number of hydrogen-bond donors (Lipinski definition) is 1. The third-order valence-electron chi connectivity index (χ3n) is 2.53. The van der Waals surface area contributed by atoms with Gasteiger partial charge in [0.15, 0.2) is 0 Å². The maximum absolute atomic E-state index is 11.7. The number of benzene rings is 1. The molecule has 0 saturated carbocycles. The molecule has 0 fully saturated rings. The molecular weight excluding hydrogens is 242 g/mol. The molecule has 1 amide bonds. The van der Waals surface area contributed by atoms with Gasteiger partial charge in [-0.1, -0.05) is 6.07 Å². The van der Waals surface area contributed by atoms with Crippen molar-refractivity contribution in [3.63, 3.8) is 0 Å². The Balaban J connectivity index is 1.79. The van der Waals surface area contributed by atoms with Crippen molar-refractivity contribution in [2.75, 3.05) is 5.32 Å². The molecule has 1 aromatic heterocycles. The van der Waals surface area contributed by atoms with Crippen molar-refractivity contribution in [1.29, 1.82) is 5.26 Å². The summed E-state index contributed by atoms with van der Waals surface area (Å²) in [6.07, 6.45) is 4.17. The molecule has 0 bridgehead atoms. The van der Waals surface area contributed by atoms with Crippen molar-refractivity contribution in [2.24, 2.45) is 0 Å². The maximum atomic E-state index is 11.7. The maximum Gasteiger partial charge on any atom is 0.224 e. The van der Waals surface area contributed by atoms with Crippen LogP contribution in [0.2, 0.25) is 0 Å². The van der Waals surface area contributed by atoms with Crippen molar-refractivity contribution in [1.82, 2.24) is 14.8 Å². The van der Waals surface area contributed by atoms with Crippen molar-refractivity contribution >= 4 is 11.6 Å². The summed E-state index contributed by atoms with van der Waals surface area (Å²) < 4.78 is 1.68. The summed E-state index contributed by atoms with van der Waals surface area (Å²) in [6, 6.07) is 8.88. The van der Waals surface area contributed by atoms with E-state index in [2.05, 4.69) is 15.4 Å². The summed E-state index contributed by atoms with van der Waals surface area (Å²) >= 11 is 0. The smallest absolute Gasteiger partial charge is 0.224 e. The van der Waals surface area contributed by atoms with E-state index >= 15 is 0 Å². The predicted octanol–water partition coefficient (Wildman–Crippen LogP) is 1.57. The molecule has 6 nitrogen and oxygen atoms in total. The number of aryl methyl sites for hydroxylation is 1. The molecule has 0 unspecified atom stereocenters. The Morgan fingerprint density at radius 1 is 1.47 bits per heavy atom. The monoisotopic (exact) mass is 255 g/mol. The highest BCUT2D eigenvalue weighted by Gasteiger charge is 2.03. The number of rotatable bonds is 5. The third kappa shape index (κ3) is 3.92. The minimum atomic E-state index is -0.0739. The Morgan fingerprint density at radius 2 is 2.37 bits per heavy atom. The second kappa shape index (κ2) is 6.31. The van der Waals surface area contributed by atoms with E-state index in [-0.39, 0.29) is 5.91 Å². The third-order valence-corrected chi connectivity index (χ3v) is 2.53. The fraction of sp³-hybridized carbons (Fsp3) is 0.231. The van der Waals surface area contributed by atoms with Crippen LogP contribution in [0.3, 0.4) is 0 Å². The molecule has 6 heteroatoms. The lowest BCUT2D eigenvalue weighted by molar-refractivity contribution is -0.116. The number of nitriles is 1. The van der Waals surface area contributed by atoms with Crippen LogP contribution in [-0.2, 0) is 11.3 Å². The first-order chi connectivity index (χ1) is 9.28. The van der Waals surface area contributed by atoms with E-state index in [1.165, 1.54) is 6.33 Å². The molecule has 1 heterocycles. The number of hydrogen-bond acceptors (Lipinski definition) is 4. The summed E-state index contributed by atoms with van der Waals surface area (Å²) in [5, 5.41) is 15.5. The average molecular weight is 255 g/mol. The van der Waals surface area contributed by atoms with Gasteiger partial charge in [0.2, 0.25) is 5.91 Å². The molecule has 0 aliphatic carbocycles. The molecule has 0 radical (unpaired) electrons. The minimum absolute atomic E-state index is 0.0739. The van der Waals surface area contributed by atoms with Gasteiger partial charge in [-0.25, -0.2) is 4.98 Å². The number of aromatic nitrogens is 3. The van der Waals surface area contributed by atoms with Gasteiger partial charge >= 0.3 is 0 Å². The lowest BCUT2D eigenvalue weighted by Crippen LogP contribution is -2.12. The van der Waals surface area contributed by atoms with Crippen LogP contribution in [0.15, 0.2) is 36.9 Å². The van der Waals surface area contributed by atoms with E-state index in [1.54, 1.807) is 35.3 Å². The van der Waals surface area contributed by atoms with E-state index in [1.807, 2.05) is 6.07 Å². The number of anilines is 1. The molecule has 0 aliphatic heterocycles. The first-order valence-corrected chi connectivity index (χ1v) is 5.90. The number of carbonyl (C=O) groups excluding carboxylic acids is 1. The van der Waals surface area contributed by atoms with E-state index in [0.29, 0.717) is 30.6 Å². The van der Waals surface area contributed by atoms with Gasteiger partial charge in [0.05, 0.1) is 11.6 Å². The zero-order valence-electron chi connectivity index (χ0n) is 10.3. The minimum Gasteiger partial charge on any atom is -0.326 e. The van der Waals surface area contributed by atoms with Gasteiger partial charge in [0.1, 0.15) is 12.7 Å². The SMILES string of the molecule is N#Cc1cccc(NC(=O)CCCn2cncn2)c1. The first-order valence-electron chi connectivity index (χ1n) is 5.90. The number of amides is 1. The van der Waals surface area contributed by atoms with Gasteiger partial charge < -0.3 is 5.32 Å². The van der Waals surface area contributed by atoms with Crippen molar-refractivity contribution in [3.8, 4) is 6.07 Å². The van der Waals surface area contributed by atoms with Gasteiger partial charge in [-0.15, -0.1) is 0 Å². The molecule has 1 aromatic carbocycles. The van der Waals surface area contributed by atoms with Crippen LogP contribution in [0, 0.1) is 11.3 Å². The van der Waals surface area contributed by atoms with Crippen LogP contribution in [-0.4, -0.2) is 20.7 Å². The molecular formula is C13H13N5O. The topological polar surface area (TPSA) is 83.6 Å². The predicted molar refractivity (Wildman–Crippen MR) is 69.0 cm³/mol. The van der Waals surface area contributed by atoms with E-state index in [0.717, 1.165) is 0 Å². The second-order valence-corrected chi connectivity index (χ2v) is 4.00. The summed E-state index contributed by atoms with van der Waals surface area (Å²) in [5.74, 6) is -0.0739. The van der Waals surface area contributed by atoms with E-state index < -0.39 is 0 Å². The quantitative estimate of drug-likeness (QED) is 0.878.